The lowest BCUT2D eigenvalue weighted by molar-refractivity contribution is -0.135. The second-order valence-corrected chi connectivity index (χ2v) is 5.34. The van der Waals surface area contributed by atoms with Gasteiger partial charge in [0.15, 0.2) is 0 Å². The maximum atomic E-state index is 11.7. The van der Waals surface area contributed by atoms with Crippen LogP contribution in [0.25, 0.3) is 0 Å². The van der Waals surface area contributed by atoms with Crippen molar-refractivity contribution >= 4 is 29.2 Å². The van der Waals surface area contributed by atoms with Crippen LogP contribution < -0.4 is 4.74 Å². The van der Waals surface area contributed by atoms with Gasteiger partial charge < -0.3 is 4.74 Å². The van der Waals surface area contributed by atoms with Crippen LogP contribution in [0.4, 0.5) is 0 Å². The fourth-order valence-electron chi connectivity index (χ4n) is 2.32. The third-order valence-electron chi connectivity index (χ3n) is 3.22. The summed E-state index contributed by atoms with van der Waals surface area (Å²) in [4.78, 5) is 11.7. The van der Waals surface area contributed by atoms with E-state index in [0.717, 1.165) is 11.1 Å². The molecular weight excluding hydrogens is 283 g/mol. The molecule has 0 radical (unpaired) electrons. The quantitative estimate of drug-likeness (QED) is 0.574. The molecule has 19 heavy (non-hydrogen) atoms. The van der Waals surface area contributed by atoms with E-state index in [0.29, 0.717) is 22.2 Å². The zero-order chi connectivity index (χ0) is 13.4. The highest BCUT2D eigenvalue weighted by atomic mass is 35.5. The number of carbonyl (C=O) groups is 1. The Balaban J connectivity index is 2.08. The number of hydrogen-bond acceptors (Lipinski definition) is 2. The van der Waals surface area contributed by atoms with E-state index in [1.54, 1.807) is 6.07 Å². The van der Waals surface area contributed by atoms with E-state index >= 15 is 0 Å². The Morgan fingerprint density at radius 1 is 1.00 bits per heavy atom. The number of carbonyl (C=O) groups excluding carboxylic acids is 1. The van der Waals surface area contributed by atoms with Crippen molar-refractivity contribution in [3.8, 4) is 5.75 Å². The van der Waals surface area contributed by atoms with Gasteiger partial charge in [0.05, 0.1) is 6.42 Å². The molecule has 0 amide bonds. The van der Waals surface area contributed by atoms with Crippen molar-refractivity contribution in [2.24, 2.45) is 0 Å². The van der Waals surface area contributed by atoms with Crippen LogP contribution in [0.2, 0.25) is 10.0 Å². The van der Waals surface area contributed by atoms with Gasteiger partial charge in [0.25, 0.3) is 0 Å². The summed E-state index contributed by atoms with van der Waals surface area (Å²) >= 11 is 11.8. The summed E-state index contributed by atoms with van der Waals surface area (Å²) < 4.78 is 5.24. The molecule has 96 valence electrons. The Morgan fingerprint density at radius 3 is 2.42 bits per heavy atom. The molecule has 1 aliphatic rings. The van der Waals surface area contributed by atoms with Gasteiger partial charge in [0.2, 0.25) is 0 Å². The molecule has 0 fully saturated rings. The molecule has 0 saturated carbocycles. The smallest absolute Gasteiger partial charge is 0.312 e. The molecule has 4 heteroatoms. The number of hydrogen-bond donors (Lipinski definition) is 0. The van der Waals surface area contributed by atoms with Crippen molar-refractivity contribution in [2.75, 3.05) is 0 Å². The van der Waals surface area contributed by atoms with Gasteiger partial charge in [-0.3, -0.25) is 4.79 Å². The van der Waals surface area contributed by atoms with Crippen LogP contribution >= 0.6 is 23.2 Å². The molecule has 2 nitrogen and oxygen atoms in total. The predicted octanol–water partition coefficient (Wildman–Crippen LogP) is 4.43. The highest BCUT2D eigenvalue weighted by molar-refractivity contribution is 6.31. The highest BCUT2D eigenvalue weighted by Crippen LogP contribution is 2.39. The lowest BCUT2D eigenvalue weighted by Crippen LogP contribution is -2.20. The molecule has 1 atom stereocenters. The van der Waals surface area contributed by atoms with Crippen molar-refractivity contribution in [1.29, 1.82) is 0 Å². The summed E-state index contributed by atoms with van der Waals surface area (Å²) in [6.45, 7) is 0. The van der Waals surface area contributed by atoms with Crippen LogP contribution in [-0.2, 0) is 4.79 Å². The molecule has 0 aliphatic carbocycles. The monoisotopic (exact) mass is 292 g/mol. The molecule has 0 spiro atoms. The first-order valence-electron chi connectivity index (χ1n) is 5.89. The van der Waals surface area contributed by atoms with E-state index < -0.39 is 0 Å². The summed E-state index contributed by atoms with van der Waals surface area (Å²) in [5.41, 5.74) is 2.02. The maximum Gasteiger partial charge on any atom is 0.312 e. The van der Waals surface area contributed by atoms with Gasteiger partial charge in [-0.1, -0.05) is 41.4 Å². The highest BCUT2D eigenvalue weighted by Gasteiger charge is 2.28. The molecule has 1 heterocycles. The molecule has 0 saturated heterocycles. The normalized spacial score (nSPS) is 17.8. The van der Waals surface area contributed by atoms with Crippen molar-refractivity contribution in [1.82, 2.24) is 0 Å². The van der Waals surface area contributed by atoms with E-state index in [1.807, 2.05) is 36.4 Å². The zero-order valence-electron chi connectivity index (χ0n) is 9.90. The topological polar surface area (TPSA) is 26.3 Å². The average Bonchev–Trinajstić information content (AvgIpc) is 2.38. The lowest BCUT2D eigenvalue weighted by Gasteiger charge is -2.25. The Hall–Kier alpha value is -1.51. The third-order valence-corrected chi connectivity index (χ3v) is 3.71. The number of rotatable bonds is 1. The van der Waals surface area contributed by atoms with Gasteiger partial charge >= 0.3 is 5.97 Å². The number of halogens is 2. The molecule has 2 aromatic rings. The first-order chi connectivity index (χ1) is 9.13. The summed E-state index contributed by atoms with van der Waals surface area (Å²) in [7, 11) is 0. The summed E-state index contributed by atoms with van der Waals surface area (Å²) in [5.74, 6) is 0.296. The molecular formula is C15H10Cl2O2. The fraction of sp³-hybridized carbons (Fsp3) is 0.133. The largest absolute Gasteiger partial charge is 0.426 e. The predicted molar refractivity (Wildman–Crippen MR) is 75.0 cm³/mol. The Kier molecular flexibility index (Phi) is 3.21. The van der Waals surface area contributed by atoms with E-state index in [9.17, 15) is 4.79 Å². The Labute approximate surface area is 120 Å². The van der Waals surface area contributed by atoms with Crippen molar-refractivity contribution < 1.29 is 9.53 Å². The second-order valence-electron chi connectivity index (χ2n) is 4.46. The van der Waals surface area contributed by atoms with E-state index in [1.165, 1.54) is 0 Å². The Bertz CT molecular complexity index is 635. The van der Waals surface area contributed by atoms with Crippen molar-refractivity contribution in [3.05, 3.63) is 63.6 Å². The van der Waals surface area contributed by atoms with E-state index in [4.69, 9.17) is 27.9 Å². The number of fused-ring (bicyclic) bond motifs is 1. The number of ether oxygens (including phenoxy) is 1. The third kappa shape index (κ3) is 2.46. The molecule has 2 aromatic carbocycles. The minimum atomic E-state index is -0.241. The minimum Gasteiger partial charge on any atom is -0.426 e. The van der Waals surface area contributed by atoms with Crippen LogP contribution in [-0.4, -0.2) is 5.97 Å². The molecule has 1 aliphatic heterocycles. The van der Waals surface area contributed by atoms with Gasteiger partial charge in [0.1, 0.15) is 5.75 Å². The number of benzene rings is 2. The molecule has 3 rings (SSSR count). The van der Waals surface area contributed by atoms with Gasteiger partial charge in [-0.2, -0.15) is 0 Å². The molecule has 0 bridgehead atoms. The molecule has 0 N–H and O–H groups in total. The van der Waals surface area contributed by atoms with Gasteiger partial charge in [-0.15, -0.1) is 0 Å². The fourth-order valence-corrected chi connectivity index (χ4v) is 2.61. The van der Waals surface area contributed by atoms with Crippen LogP contribution in [0, 0.1) is 0 Å². The second kappa shape index (κ2) is 4.87. The lowest BCUT2D eigenvalue weighted by atomic mass is 9.86. The molecule has 0 aromatic heterocycles. The SMILES string of the molecule is O=C1CC(c2ccc(Cl)cc2)c2ccc(Cl)cc2O1. The first kappa shape index (κ1) is 12.5. The molecule has 1 unspecified atom stereocenters. The van der Waals surface area contributed by atoms with Crippen LogP contribution in [0.3, 0.4) is 0 Å². The van der Waals surface area contributed by atoms with Gasteiger partial charge in [-0.05, 0) is 29.8 Å². The van der Waals surface area contributed by atoms with Crippen molar-refractivity contribution in [3.63, 3.8) is 0 Å². The van der Waals surface area contributed by atoms with Crippen molar-refractivity contribution in [2.45, 2.75) is 12.3 Å². The van der Waals surface area contributed by atoms with Gasteiger partial charge in [-0.25, -0.2) is 0 Å². The average molecular weight is 293 g/mol. The standard InChI is InChI=1S/C15H10Cl2O2/c16-10-3-1-9(2-4-10)13-8-15(18)19-14-7-11(17)5-6-12(13)14/h1-7,13H,8H2. The van der Waals surface area contributed by atoms with Crippen LogP contribution in [0.5, 0.6) is 5.75 Å². The zero-order valence-corrected chi connectivity index (χ0v) is 11.4. The first-order valence-corrected chi connectivity index (χ1v) is 6.64. The van der Waals surface area contributed by atoms with E-state index in [-0.39, 0.29) is 11.9 Å². The maximum absolute atomic E-state index is 11.7. The summed E-state index contributed by atoms with van der Waals surface area (Å²) in [5, 5.41) is 1.24. The van der Waals surface area contributed by atoms with E-state index in [2.05, 4.69) is 0 Å². The number of esters is 1. The van der Waals surface area contributed by atoms with Crippen LogP contribution in [0.15, 0.2) is 42.5 Å². The minimum absolute atomic E-state index is 0.00853. The summed E-state index contributed by atoms with van der Waals surface area (Å²) in [6.07, 6.45) is 0.330. The summed E-state index contributed by atoms with van der Waals surface area (Å²) in [6, 6.07) is 12.9. The Morgan fingerprint density at radius 2 is 1.68 bits per heavy atom. The van der Waals surface area contributed by atoms with Crippen LogP contribution in [0.1, 0.15) is 23.5 Å². The van der Waals surface area contributed by atoms with Gasteiger partial charge in [0, 0.05) is 21.5 Å².